The molecular weight excluding hydrogens is 265 g/mol. The Morgan fingerprint density at radius 1 is 1.35 bits per heavy atom. The van der Waals surface area contributed by atoms with E-state index in [4.69, 9.17) is 14.6 Å². The van der Waals surface area contributed by atoms with Crippen molar-refractivity contribution in [2.75, 3.05) is 27.3 Å². The summed E-state index contributed by atoms with van der Waals surface area (Å²) in [6, 6.07) is 3.73. The number of ether oxygens (including phenoxy) is 2. The normalized spacial score (nSPS) is 23.1. The van der Waals surface area contributed by atoms with Crippen LogP contribution in [-0.2, 0) is 16.0 Å². The van der Waals surface area contributed by atoms with Gasteiger partial charge in [0.25, 0.3) is 0 Å². The molecule has 1 aromatic rings. The van der Waals surface area contributed by atoms with Crippen LogP contribution in [0.5, 0.6) is 0 Å². The number of rotatable bonds is 5. The summed E-state index contributed by atoms with van der Waals surface area (Å²) in [7, 11) is 3.23. The number of benzene rings is 1. The van der Waals surface area contributed by atoms with Crippen molar-refractivity contribution >= 4 is 5.97 Å². The highest BCUT2D eigenvalue weighted by molar-refractivity contribution is 5.89. The van der Waals surface area contributed by atoms with Gasteiger partial charge in [0, 0.05) is 33.9 Å². The van der Waals surface area contributed by atoms with Crippen LogP contribution in [0.2, 0.25) is 0 Å². The van der Waals surface area contributed by atoms with E-state index in [-0.39, 0.29) is 17.8 Å². The predicted molar refractivity (Wildman–Crippen MR) is 70.2 cm³/mol. The van der Waals surface area contributed by atoms with Crippen molar-refractivity contribution < 1.29 is 23.8 Å². The standard InChI is InChI=1S/C14H18FNO4/c1-19-12-7-16(8-13(12)20-2)6-9-5-10(15)3-4-11(9)14(17)18/h3-5,12-13H,6-8H2,1-2H3,(H,17,18). The van der Waals surface area contributed by atoms with Crippen LogP contribution in [0, 0.1) is 5.82 Å². The molecule has 1 N–H and O–H groups in total. The fourth-order valence-electron chi connectivity index (χ4n) is 2.54. The van der Waals surface area contributed by atoms with Gasteiger partial charge in [0.05, 0.1) is 17.8 Å². The van der Waals surface area contributed by atoms with Crippen LogP contribution in [0.15, 0.2) is 18.2 Å². The van der Waals surface area contributed by atoms with Crippen molar-refractivity contribution in [3.05, 3.63) is 35.1 Å². The van der Waals surface area contributed by atoms with Crippen LogP contribution < -0.4 is 0 Å². The summed E-state index contributed by atoms with van der Waals surface area (Å²) in [6.45, 7) is 1.62. The first kappa shape index (κ1) is 14.9. The van der Waals surface area contributed by atoms with Crippen LogP contribution in [0.4, 0.5) is 4.39 Å². The van der Waals surface area contributed by atoms with E-state index in [2.05, 4.69) is 0 Å². The monoisotopic (exact) mass is 283 g/mol. The number of carbonyl (C=O) groups is 1. The quantitative estimate of drug-likeness (QED) is 0.884. The third kappa shape index (κ3) is 3.15. The highest BCUT2D eigenvalue weighted by atomic mass is 19.1. The third-order valence-corrected chi connectivity index (χ3v) is 3.59. The molecule has 2 rings (SSSR count). The average molecular weight is 283 g/mol. The maximum Gasteiger partial charge on any atom is 0.336 e. The van der Waals surface area contributed by atoms with Gasteiger partial charge in [-0.25, -0.2) is 9.18 Å². The second kappa shape index (κ2) is 6.30. The van der Waals surface area contributed by atoms with Gasteiger partial charge in [-0.05, 0) is 23.8 Å². The zero-order chi connectivity index (χ0) is 14.7. The Morgan fingerprint density at radius 3 is 2.45 bits per heavy atom. The smallest absolute Gasteiger partial charge is 0.336 e. The lowest BCUT2D eigenvalue weighted by Crippen LogP contribution is -2.27. The molecule has 2 atom stereocenters. The Bertz CT molecular complexity index is 482. The average Bonchev–Trinajstić information content (AvgIpc) is 2.80. The van der Waals surface area contributed by atoms with Gasteiger partial charge >= 0.3 is 5.97 Å². The first-order chi connectivity index (χ1) is 9.55. The summed E-state index contributed by atoms with van der Waals surface area (Å²) >= 11 is 0. The molecule has 6 heteroatoms. The molecule has 0 spiro atoms. The number of methoxy groups -OCH3 is 2. The van der Waals surface area contributed by atoms with Gasteiger partial charge in [-0.1, -0.05) is 0 Å². The van der Waals surface area contributed by atoms with Crippen molar-refractivity contribution in [1.29, 1.82) is 0 Å². The van der Waals surface area contributed by atoms with Gasteiger partial charge in [0.1, 0.15) is 5.82 Å². The second-order valence-corrected chi connectivity index (χ2v) is 4.85. The number of hydrogen-bond acceptors (Lipinski definition) is 4. The van der Waals surface area contributed by atoms with Crippen molar-refractivity contribution in [2.45, 2.75) is 18.8 Å². The number of hydrogen-bond donors (Lipinski definition) is 1. The molecule has 1 aliphatic heterocycles. The summed E-state index contributed by atoms with van der Waals surface area (Å²) in [4.78, 5) is 13.2. The van der Waals surface area contributed by atoms with Crippen molar-refractivity contribution in [2.24, 2.45) is 0 Å². The first-order valence-corrected chi connectivity index (χ1v) is 6.34. The zero-order valence-electron chi connectivity index (χ0n) is 11.5. The Balaban J connectivity index is 2.14. The molecule has 0 bridgehead atoms. The van der Waals surface area contributed by atoms with Gasteiger partial charge in [-0.3, -0.25) is 4.90 Å². The summed E-state index contributed by atoms with van der Waals surface area (Å²) in [6.07, 6.45) is -0.108. The summed E-state index contributed by atoms with van der Waals surface area (Å²) in [5.41, 5.74) is 0.588. The predicted octanol–water partition coefficient (Wildman–Crippen LogP) is 1.37. The molecule has 0 aromatic heterocycles. The molecule has 1 saturated heterocycles. The molecule has 0 radical (unpaired) electrons. The van der Waals surface area contributed by atoms with Crippen molar-refractivity contribution in [3.63, 3.8) is 0 Å². The lowest BCUT2D eigenvalue weighted by atomic mass is 10.1. The fourth-order valence-corrected chi connectivity index (χ4v) is 2.54. The molecule has 1 aliphatic rings. The molecular formula is C14H18FNO4. The highest BCUT2D eigenvalue weighted by Gasteiger charge is 2.33. The number of aromatic carboxylic acids is 1. The molecule has 1 heterocycles. The topological polar surface area (TPSA) is 59.0 Å². The summed E-state index contributed by atoms with van der Waals surface area (Å²) in [5, 5.41) is 9.14. The largest absolute Gasteiger partial charge is 0.478 e. The Labute approximate surface area is 116 Å². The summed E-state index contributed by atoms with van der Waals surface area (Å²) in [5.74, 6) is -1.48. The first-order valence-electron chi connectivity index (χ1n) is 6.34. The van der Waals surface area contributed by atoms with E-state index < -0.39 is 11.8 Å². The fraction of sp³-hybridized carbons (Fsp3) is 0.500. The highest BCUT2D eigenvalue weighted by Crippen LogP contribution is 2.20. The molecule has 0 amide bonds. The maximum atomic E-state index is 13.3. The maximum absolute atomic E-state index is 13.3. The minimum absolute atomic E-state index is 0.0539. The van der Waals surface area contributed by atoms with Gasteiger partial charge < -0.3 is 14.6 Å². The SMILES string of the molecule is COC1CN(Cc2cc(F)ccc2C(=O)O)CC1OC. The lowest BCUT2D eigenvalue weighted by Gasteiger charge is -2.16. The number of halogens is 1. The van der Waals surface area contributed by atoms with Gasteiger partial charge in [-0.2, -0.15) is 0 Å². The third-order valence-electron chi connectivity index (χ3n) is 3.59. The molecule has 1 fully saturated rings. The van der Waals surface area contributed by atoms with E-state index in [9.17, 15) is 9.18 Å². The minimum atomic E-state index is -1.05. The van der Waals surface area contributed by atoms with Crippen LogP contribution >= 0.6 is 0 Å². The molecule has 5 nitrogen and oxygen atoms in total. The Hall–Kier alpha value is -1.50. The van der Waals surface area contributed by atoms with Crippen LogP contribution in [-0.4, -0.2) is 55.5 Å². The number of carboxylic acid groups (broad SMARTS) is 1. The van der Waals surface area contributed by atoms with Crippen LogP contribution in [0.25, 0.3) is 0 Å². The van der Waals surface area contributed by atoms with Gasteiger partial charge in [-0.15, -0.1) is 0 Å². The Kier molecular flexibility index (Phi) is 4.69. The second-order valence-electron chi connectivity index (χ2n) is 4.85. The lowest BCUT2D eigenvalue weighted by molar-refractivity contribution is -0.00461. The number of nitrogens with zero attached hydrogens (tertiary/aromatic N) is 1. The Morgan fingerprint density at radius 2 is 1.95 bits per heavy atom. The van der Waals surface area contributed by atoms with E-state index in [1.54, 1.807) is 14.2 Å². The van der Waals surface area contributed by atoms with Crippen LogP contribution in [0.1, 0.15) is 15.9 Å². The van der Waals surface area contributed by atoms with Crippen LogP contribution in [0.3, 0.4) is 0 Å². The molecule has 2 unspecified atom stereocenters. The zero-order valence-corrected chi connectivity index (χ0v) is 11.5. The molecule has 110 valence electrons. The number of likely N-dealkylation sites (tertiary alicyclic amines) is 1. The van der Waals surface area contributed by atoms with E-state index in [0.717, 1.165) is 6.07 Å². The molecule has 20 heavy (non-hydrogen) atoms. The number of carboxylic acids is 1. The van der Waals surface area contributed by atoms with E-state index >= 15 is 0 Å². The van der Waals surface area contributed by atoms with Crippen molar-refractivity contribution in [1.82, 2.24) is 4.90 Å². The molecule has 0 saturated carbocycles. The van der Waals surface area contributed by atoms with E-state index in [1.807, 2.05) is 4.90 Å². The minimum Gasteiger partial charge on any atom is -0.478 e. The molecule has 1 aromatic carbocycles. The van der Waals surface area contributed by atoms with Crippen molar-refractivity contribution in [3.8, 4) is 0 Å². The molecule has 0 aliphatic carbocycles. The van der Waals surface area contributed by atoms with E-state index in [1.165, 1.54) is 12.1 Å². The van der Waals surface area contributed by atoms with E-state index in [0.29, 0.717) is 25.2 Å². The van der Waals surface area contributed by atoms with Gasteiger partial charge in [0.2, 0.25) is 0 Å². The van der Waals surface area contributed by atoms with Gasteiger partial charge in [0.15, 0.2) is 0 Å². The summed E-state index contributed by atoms with van der Waals surface area (Å²) < 4.78 is 24.0.